The molecule has 1 saturated carbocycles. The number of likely N-dealkylation sites (N-methyl/N-ethyl adjacent to an activating group) is 1. The number of carbonyl (C=O) groups is 1. The molecule has 1 aliphatic carbocycles. The molecule has 1 aliphatic heterocycles. The molecule has 1 fully saturated rings. The normalized spacial score (nSPS) is 26.2. The Hall–Kier alpha value is -1.71. The highest BCUT2D eigenvalue weighted by molar-refractivity contribution is 5.76. The number of hydrogen-bond acceptors (Lipinski definition) is 3. The van der Waals surface area contributed by atoms with Crippen molar-refractivity contribution in [1.29, 1.82) is 0 Å². The molecule has 2 unspecified atom stereocenters. The van der Waals surface area contributed by atoms with Gasteiger partial charge in [-0.2, -0.15) is 0 Å². The van der Waals surface area contributed by atoms with Gasteiger partial charge in [0.2, 0.25) is 0 Å². The fourth-order valence-electron chi connectivity index (χ4n) is 3.65. The molecular weight excluding hydrogens is 252 g/mol. The fraction of sp³-hybridized carbons (Fsp3) is 0.562. The van der Waals surface area contributed by atoms with Gasteiger partial charge in [0.05, 0.1) is 17.3 Å². The van der Waals surface area contributed by atoms with Crippen LogP contribution < -0.4 is 9.80 Å². The van der Waals surface area contributed by atoms with Gasteiger partial charge in [0.25, 0.3) is 0 Å². The van der Waals surface area contributed by atoms with Crippen LogP contribution in [0.25, 0.3) is 0 Å². The minimum atomic E-state index is -0.633. The highest BCUT2D eigenvalue weighted by atomic mass is 16.4. The molecule has 0 radical (unpaired) electrons. The lowest BCUT2D eigenvalue weighted by Crippen LogP contribution is -2.50. The fourth-order valence-corrected chi connectivity index (χ4v) is 3.65. The maximum Gasteiger partial charge on any atom is 0.308 e. The van der Waals surface area contributed by atoms with Gasteiger partial charge in [0.15, 0.2) is 0 Å². The summed E-state index contributed by atoms with van der Waals surface area (Å²) in [7, 11) is 2.10. The van der Waals surface area contributed by atoms with E-state index in [0.717, 1.165) is 38.8 Å². The molecule has 1 aromatic rings. The average molecular weight is 274 g/mol. The Morgan fingerprint density at radius 3 is 2.60 bits per heavy atom. The number of aliphatic carboxylic acids is 1. The van der Waals surface area contributed by atoms with Crippen LogP contribution in [-0.2, 0) is 4.79 Å². The van der Waals surface area contributed by atoms with E-state index in [9.17, 15) is 9.90 Å². The van der Waals surface area contributed by atoms with Gasteiger partial charge in [-0.1, -0.05) is 25.0 Å². The van der Waals surface area contributed by atoms with E-state index < -0.39 is 5.97 Å². The second-order valence-corrected chi connectivity index (χ2v) is 5.90. The van der Waals surface area contributed by atoms with Crippen molar-refractivity contribution in [1.82, 2.24) is 0 Å². The van der Waals surface area contributed by atoms with Gasteiger partial charge in [0.1, 0.15) is 0 Å². The van der Waals surface area contributed by atoms with Crippen LogP contribution in [-0.4, -0.2) is 37.3 Å². The van der Waals surface area contributed by atoms with Crippen molar-refractivity contribution in [3.05, 3.63) is 24.3 Å². The van der Waals surface area contributed by atoms with Crippen molar-refractivity contribution in [2.45, 2.75) is 31.7 Å². The van der Waals surface area contributed by atoms with Gasteiger partial charge in [-0.15, -0.1) is 0 Å². The molecule has 1 aromatic carbocycles. The summed E-state index contributed by atoms with van der Waals surface area (Å²) in [6.07, 6.45) is 4.00. The number of hydrogen-bond donors (Lipinski definition) is 1. The van der Waals surface area contributed by atoms with E-state index >= 15 is 0 Å². The van der Waals surface area contributed by atoms with E-state index in [1.807, 2.05) is 12.1 Å². The number of carboxylic acid groups (broad SMARTS) is 1. The Bertz CT molecular complexity index is 503. The first kappa shape index (κ1) is 13.3. The largest absolute Gasteiger partial charge is 0.481 e. The Morgan fingerprint density at radius 2 is 1.85 bits per heavy atom. The molecule has 4 nitrogen and oxygen atoms in total. The van der Waals surface area contributed by atoms with Crippen molar-refractivity contribution in [2.24, 2.45) is 5.92 Å². The summed E-state index contributed by atoms with van der Waals surface area (Å²) in [5.74, 6) is -0.855. The molecule has 0 bridgehead atoms. The van der Waals surface area contributed by atoms with Crippen LogP contribution in [0.1, 0.15) is 25.7 Å². The maximum atomic E-state index is 11.5. The topological polar surface area (TPSA) is 43.8 Å². The van der Waals surface area contributed by atoms with Gasteiger partial charge in [-0.25, -0.2) is 0 Å². The van der Waals surface area contributed by atoms with Crippen LogP contribution in [0, 0.1) is 5.92 Å². The highest BCUT2D eigenvalue weighted by Gasteiger charge is 2.37. The van der Waals surface area contributed by atoms with Crippen molar-refractivity contribution in [3.63, 3.8) is 0 Å². The quantitative estimate of drug-likeness (QED) is 0.900. The second kappa shape index (κ2) is 5.35. The lowest BCUT2D eigenvalue weighted by atomic mass is 9.83. The molecule has 4 heteroatoms. The van der Waals surface area contributed by atoms with E-state index in [1.165, 1.54) is 11.4 Å². The molecule has 2 aliphatic rings. The maximum absolute atomic E-state index is 11.5. The second-order valence-electron chi connectivity index (χ2n) is 5.90. The summed E-state index contributed by atoms with van der Waals surface area (Å²) in [6.45, 7) is 1.88. The number of para-hydroxylation sites is 2. The average Bonchev–Trinajstić information content (AvgIpc) is 2.48. The summed E-state index contributed by atoms with van der Waals surface area (Å²) in [5.41, 5.74) is 2.41. The first-order valence-corrected chi connectivity index (χ1v) is 7.48. The third-order valence-corrected chi connectivity index (χ3v) is 4.73. The number of rotatable bonds is 2. The predicted octanol–water partition coefficient (Wildman–Crippen LogP) is 2.59. The molecule has 0 amide bonds. The molecular formula is C16H22N2O2. The zero-order valence-corrected chi connectivity index (χ0v) is 12.0. The highest BCUT2D eigenvalue weighted by Crippen LogP contribution is 2.38. The Kier molecular flexibility index (Phi) is 3.55. The number of fused-ring (bicyclic) bond motifs is 1. The molecule has 1 heterocycles. The summed E-state index contributed by atoms with van der Waals surface area (Å²) >= 11 is 0. The number of nitrogens with zero attached hydrogens (tertiary/aromatic N) is 2. The van der Waals surface area contributed by atoms with Crippen LogP contribution in [0.15, 0.2) is 24.3 Å². The molecule has 20 heavy (non-hydrogen) atoms. The standard InChI is InChI=1S/C16H22N2O2/c1-17-10-11-18(15-9-5-4-8-14(15)17)13-7-3-2-6-12(13)16(19)20/h4-5,8-9,12-13H,2-3,6-7,10-11H2,1H3,(H,19,20). The zero-order valence-electron chi connectivity index (χ0n) is 12.0. The SMILES string of the molecule is CN1CCN(C2CCCCC2C(=O)O)c2ccccc21. The van der Waals surface area contributed by atoms with Crippen LogP contribution in [0.4, 0.5) is 11.4 Å². The van der Waals surface area contributed by atoms with Gasteiger partial charge >= 0.3 is 5.97 Å². The van der Waals surface area contributed by atoms with Crippen molar-refractivity contribution >= 4 is 17.3 Å². The van der Waals surface area contributed by atoms with Crippen LogP contribution in [0.5, 0.6) is 0 Å². The molecule has 0 saturated heterocycles. The minimum absolute atomic E-state index is 0.149. The van der Waals surface area contributed by atoms with Crippen LogP contribution >= 0.6 is 0 Å². The third-order valence-electron chi connectivity index (χ3n) is 4.73. The molecule has 1 N–H and O–H groups in total. The van der Waals surface area contributed by atoms with Crippen molar-refractivity contribution in [2.75, 3.05) is 29.9 Å². The van der Waals surface area contributed by atoms with Gasteiger partial charge < -0.3 is 14.9 Å². The van der Waals surface area contributed by atoms with Gasteiger partial charge in [-0.3, -0.25) is 4.79 Å². The molecule has 0 spiro atoms. The summed E-state index contributed by atoms with van der Waals surface area (Å²) in [5, 5.41) is 9.50. The number of benzene rings is 1. The van der Waals surface area contributed by atoms with E-state index in [0.29, 0.717) is 0 Å². The van der Waals surface area contributed by atoms with E-state index in [4.69, 9.17) is 0 Å². The van der Waals surface area contributed by atoms with E-state index in [-0.39, 0.29) is 12.0 Å². The molecule has 3 rings (SSSR count). The lowest BCUT2D eigenvalue weighted by molar-refractivity contribution is -0.143. The molecule has 0 aromatic heterocycles. The Labute approximate surface area is 120 Å². The summed E-state index contributed by atoms with van der Waals surface area (Å²) < 4.78 is 0. The lowest BCUT2D eigenvalue weighted by Gasteiger charge is -2.45. The smallest absolute Gasteiger partial charge is 0.308 e. The van der Waals surface area contributed by atoms with Crippen LogP contribution in [0.3, 0.4) is 0 Å². The number of carboxylic acids is 1. The minimum Gasteiger partial charge on any atom is -0.481 e. The van der Waals surface area contributed by atoms with E-state index in [2.05, 4.69) is 29.0 Å². The monoisotopic (exact) mass is 274 g/mol. The zero-order chi connectivity index (χ0) is 14.1. The first-order chi connectivity index (χ1) is 9.68. The Morgan fingerprint density at radius 1 is 1.15 bits per heavy atom. The van der Waals surface area contributed by atoms with Gasteiger partial charge in [-0.05, 0) is 25.0 Å². The Balaban J connectivity index is 1.93. The first-order valence-electron chi connectivity index (χ1n) is 7.48. The third kappa shape index (κ3) is 2.23. The van der Waals surface area contributed by atoms with Gasteiger partial charge in [0, 0.05) is 26.2 Å². The van der Waals surface area contributed by atoms with Crippen molar-refractivity contribution < 1.29 is 9.90 Å². The summed E-state index contributed by atoms with van der Waals surface area (Å²) in [4.78, 5) is 16.1. The summed E-state index contributed by atoms with van der Waals surface area (Å²) in [6, 6.07) is 8.49. The molecule has 108 valence electrons. The van der Waals surface area contributed by atoms with E-state index in [1.54, 1.807) is 0 Å². The molecule has 2 atom stereocenters. The van der Waals surface area contributed by atoms with Crippen LogP contribution in [0.2, 0.25) is 0 Å². The predicted molar refractivity (Wildman–Crippen MR) is 80.4 cm³/mol. The van der Waals surface area contributed by atoms with Crippen molar-refractivity contribution in [3.8, 4) is 0 Å². The number of anilines is 2.